The third-order valence-corrected chi connectivity index (χ3v) is 1.79. The van der Waals surface area contributed by atoms with Crippen LogP contribution in [-0.4, -0.2) is 44.0 Å². The standard InChI is InChI=1S/C10H21NO4/c11-5-7-14-8-9-15-10(13)4-2-1-3-6-12/h12H,1-9,11H2. The van der Waals surface area contributed by atoms with Crippen LogP contribution in [0, 0.1) is 0 Å². The molecule has 0 aliphatic heterocycles. The molecule has 0 aliphatic carbocycles. The van der Waals surface area contributed by atoms with E-state index in [-0.39, 0.29) is 12.6 Å². The van der Waals surface area contributed by atoms with Gasteiger partial charge in [0.15, 0.2) is 0 Å². The average molecular weight is 219 g/mol. The lowest BCUT2D eigenvalue weighted by Gasteiger charge is -2.05. The van der Waals surface area contributed by atoms with Crippen molar-refractivity contribution in [3.63, 3.8) is 0 Å². The monoisotopic (exact) mass is 219 g/mol. The number of ether oxygens (including phenoxy) is 2. The van der Waals surface area contributed by atoms with Crippen molar-refractivity contribution in [2.24, 2.45) is 5.73 Å². The van der Waals surface area contributed by atoms with Crippen molar-refractivity contribution in [3.8, 4) is 0 Å². The Kier molecular flexibility index (Phi) is 10.9. The van der Waals surface area contributed by atoms with Crippen LogP contribution in [-0.2, 0) is 14.3 Å². The smallest absolute Gasteiger partial charge is 0.305 e. The molecule has 15 heavy (non-hydrogen) atoms. The molecular formula is C10H21NO4. The van der Waals surface area contributed by atoms with E-state index in [1.54, 1.807) is 0 Å². The van der Waals surface area contributed by atoms with Gasteiger partial charge >= 0.3 is 5.97 Å². The highest BCUT2D eigenvalue weighted by Crippen LogP contribution is 2.00. The molecule has 0 amide bonds. The van der Waals surface area contributed by atoms with Crippen molar-refractivity contribution in [1.82, 2.24) is 0 Å². The Morgan fingerprint density at radius 1 is 1.13 bits per heavy atom. The molecule has 0 heterocycles. The van der Waals surface area contributed by atoms with Crippen molar-refractivity contribution >= 4 is 5.97 Å². The number of aliphatic hydroxyl groups is 1. The average Bonchev–Trinajstić information content (AvgIpc) is 2.24. The molecule has 0 fully saturated rings. The van der Waals surface area contributed by atoms with Crippen molar-refractivity contribution < 1.29 is 19.4 Å². The minimum atomic E-state index is -0.204. The first-order chi connectivity index (χ1) is 7.31. The van der Waals surface area contributed by atoms with E-state index >= 15 is 0 Å². The quantitative estimate of drug-likeness (QED) is 0.401. The molecular weight excluding hydrogens is 198 g/mol. The van der Waals surface area contributed by atoms with Gasteiger partial charge in [0.1, 0.15) is 6.61 Å². The molecule has 5 heteroatoms. The normalized spacial score (nSPS) is 10.3. The molecule has 0 radical (unpaired) electrons. The van der Waals surface area contributed by atoms with Gasteiger partial charge in [0.05, 0.1) is 13.2 Å². The molecule has 0 aromatic rings. The minimum absolute atomic E-state index is 0.183. The first-order valence-electron chi connectivity index (χ1n) is 5.35. The van der Waals surface area contributed by atoms with Crippen LogP contribution < -0.4 is 5.73 Å². The molecule has 0 aliphatic rings. The Balaban J connectivity index is 3.11. The summed E-state index contributed by atoms with van der Waals surface area (Å²) in [6, 6.07) is 0. The molecule has 5 nitrogen and oxygen atoms in total. The Hall–Kier alpha value is -0.650. The first-order valence-corrected chi connectivity index (χ1v) is 5.35. The predicted octanol–water partition coefficient (Wildman–Crippen LogP) is 0.0576. The fourth-order valence-electron chi connectivity index (χ4n) is 1.03. The zero-order valence-corrected chi connectivity index (χ0v) is 9.11. The molecule has 0 atom stereocenters. The lowest BCUT2D eigenvalue weighted by Crippen LogP contribution is -2.14. The van der Waals surface area contributed by atoms with Crippen LogP contribution in [0.25, 0.3) is 0 Å². The molecule has 90 valence electrons. The van der Waals surface area contributed by atoms with Gasteiger partial charge in [-0.1, -0.05) is 6.42 Å². The Morgan fingerprint density at radius 3 is 2.60 bits per heavy atom. The van der Waals surface area contributed by atoms with Crippen molar-refractivity contribution in [2.75, 3.05) is 33.0 Å². The molecule has 0 aromatic heterocycles. The molecule has 3 N–H and O–H groups in total. The summed E-state index contributed by atoms with van der Waals surface area (Å²) in [5.41, 5.74) is 5.21. The molecule has 0 aromatic carbocycles. The van der Waals surface area contributed by atoms with Gasteiger partial charge in [-0.2, -0.15) is 0 Å². The number of rotatable bonds is 10. The van der Waals surface area contributed by atoms with E-state index in [4.69, 9.17) is 20.3 Å². The van der Waals surface area contributed by atoms with E-state index in [1.165, 1.54) is 0 Å². The highest BCUT2D eigenvalue weighted by Gasteiger charge is 2.01. The van der Waals surface area contributed by atoms with E-state index in [0.717, 1.165) is 19.3 Å². The number of carbonyl (C=O) groups excluding carboxylic acids is 1. The topological polar surface area (TPSA) is 81.8 Å². The number of esters is 1. The van der Waals surface area contributed by atoms with E-state index < -0.39 is 0 Å². The summed E-state index contributed by atoms with van der Waals surface area (Å²) >= 11 is 0. The second kappa shape index (κ2) is 11.4. The van der Waals surface area contributed by atoms with Crippen LogP contribution in [0.3, 0.4) is 0 Å². The Bertz CT molecular complexity index is 152. The number of hydrogen-bond donors (Lipinski definition) is 2. The fraction of sp³-hybridized carbons (Fsp3) is 0.900. The molecule has 0 bridgehead atoms. The van der Waals surface area contributed by atoms with Gasteiger partial charge in [0, 0.05) is 19.6 Å². The Morgan fingerprint density at radius 2 is 1.93 bits per heavy atom. The van der Waals surface area contributed by atoms with Gasteiger partial charge in [-0.15, -0.1) is 0 Å². The number of nitrogens with two attached hydrogens (primary N) is 1. The van der Waals surface area contributed by atoms with Crippen LogP contribution in [0.2, 0.25) is 0 Å². The Labute approximate surface area is 90.5 Å². The number of unbranched alkanes of at least 4 members (excludes halogenated alkanes) is 2. The van der Waals surface area contributed by atoms with Crippen molar-refractivity contribution in [3.05, 3.63) is 0 Å². The summed E-state index contributed by atoms with van der Waals surface area (Å²) in [5.74, 6) is -0.204. The van der Waals surface area contributed by atoms with Crippen LogP contribution >= 0.6 is 0 Å². The van der Waals surface area contributed by atoms with Crippen molar-refractivity contribution in [2.45, 2.75) is 25.7 Å². The predicted molar refractivity (Wildman–Crippen MR) is 56.4 cm³/mol. The minimum Gasteiger partial charge on any atom is -0.463 e. The van der Waals surface area contributed by atoms with Crippen LogP contribution in [0.5, 0.6) is 0 Å². The second-order valence-corrected chi connectivity index (χ2v) is 3.16. The van der Waals surface area contributed by atoms with Gasteiger partial charge in [-0.3, -0.25) is 4.79 Å². The lowest BCUT2D eigenvalue weighted by molar-refractivity contribution is -0.145. The highest BCUT2D eigenvalue weighted by molar-refractivity contribution is 5.69. The highest BCUT2D eigenvalue weighted by atomic mass is 16.6. The van der Waals surface area contributed by atoms with Crippen LogP contribution in [0.15, 0.2) is 0 Å². The maximum absolute atomic E-state index is 11.1. The SMILES string of the molecule is NCCOCCOC(=O)CCCCCO. The molecule has 0 saturated carbocycles. The fourth-order valence-corrected chi connectivity index (χ4v) is 1.03. The molecule has 0 unspecified atom stereocenters. The zero-order valence-electron chi connectivity index (χ0n) is 9.11. The molecule has 0 spiro atoms. The van der Waals surface area contributed by atoms with E-state index in [1.807, 2.05) is 0 Å². The van der Waals surface area contributed by atoms with Gasteiger partial charge in [0.25, 0.3) is 0 Å². The summed E-state index contributed by atoms with van der Waals surface area (Å²) in [7, 11) is 0. The zero-order chi connectivity index (χ0) is 11.4. The second-order valence-electron chi connectivity index (χ2n) is 3.16. The summed E-state index contributed by atoms with van der Waals surface area (Å²) < 4.78 is 9.94. The van der Waals surface area contributed by atoms with Gasteiger partial charge in [-0.25, -0.2) is 0 Å². The maximum atomic E-state index is 11.1. The third-order valence-electron chi connectivity index (χ3n) is 1.79. The maximum Gasteiger partial charge on any atom is 0.305 e. The van der Waals surface area contributed by atoms with Gasteiger partial charge in [0.2, 0.25) is 0 Å². The summed E-state index contributed by atoms with van der Waals surface area (Å²) in [6.45, 7) is 1.85. The largest absolute Gasteiger partial charge is 0.463 e. The summed E-state index contributed by atoms with van der Waals surface area (Å²) in [5, 5.41) is 8.51. The van der Waals surface area contributed by atoms with E-state index in [2.05, 4.69) is 0 Å². The van der Waals surface area contributed by atoms with Gasteiger partial charge < -0.3 is 20.3 Å². The molecule has 0 saturated heterocycles. The number of carbonyl (C=O) groups is 1. The van der Waals surface area contributed by atoms with E-state index in [0.29, 0.717) is 32.8 Å². The van der Waals surface area contributed by atoms with Gasteiger partial charge in [-0.05, 0) is 12.8 Å². The summed E-state index contributed by atoms with van der Waals surface area (Å²) in [6.07, 6.45) is 2.78. The number of hydrogen-bond acceptors (Lipinski definition) is 5. The van der Waals surface area contributed by atoms with Crippen LogP contribution in [0.1, 0.15) is 25.7 Å². The summed E-state index contributed by atoms with van der Waals surface area (Å²) in [4.78, 5) is 11.1. The first kappa shape index (κ1) is 14.3. The molecule has 0 rings (SSSR count). The lowest BCUT2D eigenvalue weighted by atomic mass is 10.2. The van der Waals surface area contributed by atoms with Crippen LogP contribution in [0.4, 0.5) is 0 Å². The number of aliphatic hydroxyl groups excluding tert-OH is 1. The van der Waals surface area contributed by atoms with Crippen molar-refractivity contribution in [1.29, 1.82) is 0 Å². The third kappa shape index (κ3) is 11.3. The van der Waals surface area contributed by atoms with E-state index in [9.17, 15) is 4.79 Å².